The maximum Gasteiger partial charge on any atom is 0.242 e. The van der Waals surface area contributed by atoms with Gasteiger partial charge >= 0.3 is 0 Å². The summed E-state index contributed by atoms with van der Waals surface area (Å²) in [4.78, 5) is 27.0. The fourth-order valence-electron chi connectivity index (χ4n) is 3.35. The van der Waals surface area contributed by atoms with Crippen LogP contribution in [-0.4, -0.2) is 50.5 Å². The van der Waals surface area contributed by atoms with Gasteiger partial charge in [0.25, 0.3) is 0 Å². The van der Waals surface area contributed by atoms with Crippen molar-refractivity contribution >= 4 is 39.1 Å². The Balaban J connectivity index is 2.14. The van der Waals surface area contributed by atoms with Gasteiger partial charge in [-0.25, -0.2) is 12.8 Å². The Labute approximate surface area is 199 Å². The standard InChI is InChI=1S/C23H29ClFN3O4S/c1-4-26-23(30)17(2)27(16-18-7-5-8-19(24)15-18)22(29)9-6-14-28(33(3,31)32)21-12-10-20(25)11-13-21/h5,7-8,10-13,15,17H,4,6,9,14,16H2,1-3H3,(H,26,30). The number of likely N-dealkylation sites (N-methyl/N-ethyl adjacent to an activating group) is 1. The Hall–Kier alpha value is -2.65. The first-order chi connectivity index (χ1) is 15.5. The summed E-state index contributed by atoms with van der Waals surface area (Å²) in [5.74, 6) is -1.04. The number of carbonyl (C=O) groups is 2. The zero-order valence-electron chi connectivity index (χ0n) is 18.9. The minimum Gasteiger partial charge on any atom is -0.355 e. The summed E-state index contributed by atoms with van der Waals surface area (Å²) in [6.45, 7) is 4.10. The SMILES string of the molecule is CCNC(=O)C(C)N(Cc1cccc(Cl)c1)C(=O)CCCN(c1ccc(F)cc1)S(C)(=O)=O. The van der Waals surface area contributed by atoms with Crippen LogP contribution in [0.5, 0.6) is 0 Å². The van der Waals surface area contributed by atoms with Crippen LogP contribution in [0.25, 0.3) is 0 Å². The lowest BCUT2D eigenvalue weighted by molar-refractivity contribution is -0.140. The number of nitrogens with one attached hydrogen (secondary N) is 1. The van der Waals surface area contributed by atoms with Gasteiger partial charge in [-0.3, -0.25) is 13.9 Å². The quantitative estimate of drug-likeness (QED) is 0.514. The summed E-state index contributed by atoms with van der Waals surface area (Å²) < 4.78 is 38.8. The Morgan fingerprint density at radius 3 is 2.39 bits per heavy atom. The highest BCUT2D eigenvalue weighted by Crippen LogP contribution is 2.20. The molecule has 0 aliphatic rings. The van der Waals surface area contributed by atoms with E-state index < -0.39 is 21.9 Å². The number of sulfonamides is 1. The molecule has 0 heterocycles. The van der Waals surface area contributed by atoms with Gasteiger partial charge in [-0.2, -0.15) is 0 Å². The molecule has 0 radical (unpaired) electrons. The van der Waals surface area contributed by atoms with Crippen LogP contribution in [0.2, 0.25) is 5.02 Å². The predicted molar refractivity (Wildman–Crippen MR) is 128 cm³/mol. The average molecular weight is 498 g/mol. The van der Waals surface area contributed by atoms with Crippen LogP contribution in [0, 0.1) is 5.82 Å². The molecule has 10 heteroatoms. The zero-order valence-corrected chi connectivity index (χ0v) is 20.5. The van der Waals surface area contributed by atoms with Crippen LogP contribution < -0.4 is 9.62 Å². The fourth-order valence-corrected chi connectivity index (χ4v) is 4.53. The number of hydrogen-bond donors (Lipinski definition) is 1. The highest BCUT2D eigenvalue weighted by molar-refractivity contribution is 7.92. The van der Waals surface area contributed by atoms with Gasteiger partial charge in [0.2, 0.25) is 21.8 Å². The van der Waals surface area contributed by atoms with Crippen LogP contribution in [0.15, 0.2) is 48.5 Å². The Morgan fingerprint density at radius 2 is 1.82 bits per heavy atom. The summed E-state index contributed by atoms with van der Waals surface area (Å²) in [6.07, 6.45) is 1.30. The number of carbonyl (C=O) groups excluding carboxylic acids is 2. The molecular formula is C23H29ClFN3O4S. The molecule has 0 aliphatic carbocycles. The van der Waals surface area contributed by atoms with E-state index in [1.165, 1.54) is 29.2 Å². The number of halogens is 2. The molecule has 0 bridgehead atoms. The van der Waals surface area contributed by atoms with Crippen LogP contribution >= 0.6 is 11.6 Å². The number of amides is 2. The van der Waals surface area contributed by atoms with E-state index >= 15 is 0 Å². The van der Waals surface area contributed by atoms with E-state index in [0.29, 0.717) is 17.3 Å². The van der Waals surface area contributed by atoms with Gasteiger partial charge in [0, 0.05) is 31.1 Å². The second kappa shape index (κ2) is 12.0. The van der Waals surface area contributed by atoms with E-state index in [1.54, 1.807) is 32.0 Å². The van der Waals surface area contributed by atoms with Crippen molar-refractivity contribution in [1.29, 1.82) is 0 Å². The molecule has 1 atom stereocenters. The molecule has 0 saturated carbocycles. The van der Waals surface area contributed by atoms with Crippen molar-refractivity contribution in [2.24, 2.45) is 0 Å². The highest BCUT2D eigenvalue weighted by atomic mass is 35.5. The molecule has 33 heavy (non-hydrogen) atoms. The summed E-state index contributed by atoms with van der Waals surface area (Å²) >= 11 is 6.06. The van der Waals surface area contributed by atoms with Crippen molar-refractivity contribution in [3.63, 3.8) is 0 Å². The van der Waals surface area contributed by atoms with E-state index in [-0.39, 0.29) is 37.7 Å². The molecule has 2 rings (SSSR count). The summed E-state index contributed by atoms with van der Waals surface area (Å²) in [6, 6.07) is 11.4. The van der Waals surface area contributed by atoms with Crippen molar-refractivity contribution in [3.05, 3.63) is 64.9 Å². The van der Waals surface area contributed by atoms with Gasteiger partial charge in [0.05, 0.1) is 11.9 Å². The maximum absolute atomic E-state index is 13.2. The van der Waals surface area contributed by atoms with Gasteiger partial charge in [-0.1, -0.05) is 23.7 Å². The number of nitrogens with zero attached hydrogens (tertiary/aromatic N) is 2. The van der Waals surface area contributed by atoms with E-state index in [9.17, 15) is 22.4 Å². The van der Waals surface area contributed by atoms with Crippen LogP contribution in [0.4, 0.5) is 10.1 Å². The number of anilines is 1. The van der Waals surface area contributed by atoms with Crippen molar-refractivity contribution in [3.8, 4) is 0 Å². The highest BCUT2D eigenvalue weighted by Gasteiger charge is 2.26. The van der Waals surface area contributed by atoms with Gasteiger partial charge < -0.3 is 10.2 Å². The van der Waals surface area contributed by atoms with Gasteiger partial charge in [-0.15, -0.1) is 0 Å². The minimum absolute atomic E-state index is 0.0253. The van der Waals surface area contributed by atoms with Crippen molar-refractivity contribution < 1.29 is 22.4 Å². The van der Waals surface area contributed by atoms with E-state index in [2.05, 4.69) is 5.32 Å². The smallest absolute Gasteiger partial charge is 0.242 e. The molecule has 0 saturated heterocycles. The van der Waals surface area contributed by atoms with Crippen LogP contribution in [-0.2, 0) is 26.2 Å². The Kier molecular flexibility index (Phi) is 9.67. The molecule has 1 N–H and O–H groups in total. The van der Waals surface area contributed by atoms with Gasteiger partial charge in [0.15, 0.2) is 0 Å². The summed E-state index contributed by atoms with van der Waals surface area (Å²) in [7, 11) is -3.63. The fraction of sp³-hybridized carbons (Fsp3) is 0.391. The molecular weight excluding hydrogens is 469 g/mol. The van der Waals surface area contributed by atoms with E-state index in [1.807, 2.05) is 6.07 Å². The number of benzene rings is 2. The molecule has 2 amide bonds. The molecule has 0 spiro atoms. The van der Waals surface area contributed by atoms with Crippen molar-refractivity contribution in [2.75, 3.05) is 23.7 Å². The average Bonchev–Trinajstić information content (AvgIpc) is 2.74. The third-order valence-corrected chi connectivity index (χ3v) is 6.46. The van der Waals surface area contributed by atoms with Gasteiger partial charge in [-0.05, 0) is 62.2 Å². The topological polar surface area (TPSA) is 86.8 Å². The monoisotopic (exact) mass is 497 g/mol. The lowest BCUT2D eigenvalue weighted by Gasteiger charge is -2.29. The van der Waals surface area contributed by atoms with E-state index in [4.69, 9.17) is 11.6 Å². The first kappa shape index (κ1) is 26.6. The zero-order chi connectivity index (χ0) is 24.6. The predicted octanol–water partition coefficient (Wildman–Crippen LogP) is 3.58. The van der Waals surface area contributed by atoms with Crippen molar-refractivity contribution in [2.45, 2.75) is 39.3 Å². The molecule has 2 aromatic carbocycles. The van der Waals surface area contributed by atoms with Crippen LogP contribution in [0.3, 0.4) is 0 Å². The third kappa shape index (κ3) is 8.01. The first-order valence-corrected chi connectivity index (χ1v) is 12.8. The summed E-state index contributed by atoms with van der Waals surface area (Å²) in [5.41, 5.74) is 1.09. The van der Waals surface area contributed by atoms with Crippen molar-refractivity contribution in [1.82, 2.24) is 10.2 Å². The van der Waals surface area contributed by atoms with Crippen LogP contribution in [0.1, 0.15) is 32.3 Å². The molecule has 2 aromatic rings. The summed E-state index contributed by atoms with van der Waals surface area (Å²) in [5, 5.41) is 3.24. The second-order valence-corrected chi connectivity index (χ2v) is 9.98. The molecule has 0 aromatic heterocycles. The molecule has 0 aliphatic heterocycles. The molecule has 7 nitrogen and oxygen atoms in total. The normalized spacial score (nSPS) is 12.2. The maximum atomic E-state index is 13.2. The molecule has 180 valence electrons. The second-order valence-electron chi connectivity index (χ2n) is 7.64. The minimum atomic E-state index is -3.63. The third-order valence-electron chi connectivity index (χ3n) is 5.03. The Bertz CT molecular complexity index is 1060. The number of hydrogen-bond acceptors (Lipinski definition) is 4. The Morgan fingerprint density at radius 1 is 1.15 bits per heavy atom. The first-order valence-electron chi connectivity index (χ1n) is 10.6. The lowest BCUT2D eigenvalue weighted by Crippen LogP contribution is -2.47. The molecule has 0 fully saturated rings. The largest absolute Gasteiger partial charge is 0.355 e. The molecule has 1 unspecified atom stereocenters. The lowest BCUT2D eigenvalue weighted by atomic mass is 10.1. The number of rotatable bonds is 11. The van der Waals surface area contributed by atoms with E-state index in [0.717, 1.165) is 16.1 Å². The van der Waals surface area contributed by atoms with Gasteiger partial charge in [0.1, 0.15) is 11.9 Å².